The van der Waals surface area contributed by atoms with Crippen molar-refractivity contribution in [3.8, 4) is 0 Å². The molecule has 0 bridgehead atoms. The molecule has 0 rings (SSSR count). The Morgan fingerprint density at radius 3 is 1.29 bits per heavy atom. The standard InChI is InChI=1S/C25H53NO4S/c1-4-5-6-7-8-9-10-11-12-13-14-15-16-17-18-19-20-21-22-26(2,3)23-25(27)24-31(28,29)30/h25,27H,4-24H2,1-3H3/p+1. The zero-order valence-electron chi connectivity index (χ0n) is 21.0. The van der Waals surface area contributed by atoms with E-state index in [-0.39, 0.29) is 0 Å². The second-order valence-corrected chi connectivity index (χ2v) is 11.8. The highest BCUT2D eigenvalue weighted by atomic mass is 32.2. The Morgan fingerprint density at radius 1 is 0.645 bits per heavy atom. The van der Waals surface area contributed by atoms with Crippen molar-refractivity contribution in [2.45, 2.75) is 129 Å². The molecule has 0 heterocycles. The fourth-order valence-corrected chi connectivity index (χ4v) is 4.99. The normalized spacial score (nSPS) is 13.6. The van der Waals surface area contributed by atoms with Crippen LogP contribution in [0, 0.1) is 0 Å². The average molecular weight is 465 g/mol. The van der Waals surface area contributed by atoms with Gasteiger partial charge in [-0.2, -0.15) is 8.42 Å². The Balaban J connectivity index is 3.37. The number of quaternary nitrogens is 1. The van der Waals surface area contributed by atoms with Crippen LogP contribution in [0.3, 0.4) is 0 Å². The molecule has 0 amide bonds. The molecule has 0 aliphatic carbocycles. The van der Waals surface area contributed by atoms with Crippen LogP contribution in [0.5, 0.6) is 0 Å². The third kappa shape index (κ3) is 24.3. The summed E-state index contributed by atoms with van der Waals surface area (Å²) in [6, 6.07) is 0. The van der Waals surface area contributed by atoms with Gasteiger partial charge in [0.1, 0.15) is 18.4 Å². The van der Waals surface area contributed by atoms with Crippen molar-refractivity contribution in [2.75, 3.05) is 32.9 Å². The summed E-state index contributed by atoms with van der Waals surface area (Å²) in [7, 11) is -0.108. The molecule has 1 unspecified atom stereocenters. The fraction of sp³-hybridized carbons (Fsp3) is 1.00. The van der Waals surface area contributed by atoms with Crippen LogP contribution in [-0.2, 0) is 10.1 Å². The van der Waals surface area contributed by atoms with E-state index in [1.54, 1.807) is 0 Å². The number of hydrogen-bond donors (Lipinski definition) is 2. The van der Waals surface area contributed by atoms with Gasteiger partial charge in [0.05, 0.1) is 20.6 Å². The first-order chi connectivity index (χ1) is 14.7. The van der Waals surface area contributed by atoms with Crippen molar-refractivity contribution in [2.24, 2.45) is 0 Å². The lowest BCUT2D eigenvalue weighted by atomic mass is 10.0. The van der Waals surface area contributed by atoms with Gasteiger partial charge in [-0.05, 0) is 12.8 Å². The minimum atomic E-state index is -4.11. The highest BCUT2D eigenvalue weighted by Gasteiger charge is 2.23. The topological polar surface area (TPSA) is 74.6 Å². The van der Waals surface area contributed by atoms with Gasteiger partial charge in [-0.15, -0.1) is 0 Å². The van der Waals surface area contributed by atoms with Crippen molar-refractivity contribution in [1.29, 1.82) is 0 Å². The predicted octanol–water partition coefficient (Wildman–Crippen LogP) is 6.35. The van der Waals surface area contributed by atoms with Crippen LogP contribution in [0.4, 0.5) is 0 Å². The Hall–Kier alpha value is -0.170. The molecule has 0 aliphatic rings. The molecule has 0 saturated carbocycles. The second-order valence-electron chi connectivity index (χ2n) is 10.3. The van der Waals surface area contributed by atoms with Crippen LogP contribution < -0.4 is 0 Å². The number of aliphatic hydroxyl groups excluding tert-OH is 1. The Bertz CT molecular complexity index is 494. The molecule has 0 saturated heterocycles. The van der Waals surface area contributed by atoms with Crippen LogP contribution >= 0.6 is 0 Å². The van der Waals surface area contributed by atoms with Crippen molar-refractivity contribution < 1.29 is 22.6 Å². The zero-order valence-corrected chi connectivity index (χ0v) is 21.8. The smallest absolute Gasteiger partial charge is 0.267 e. The maximum atomic E-state index is 10.9. The Kier molecular flexibility index (Phi) is 19.2. The van der Waals surface area contributed by atoms with Crippen molar-refractivity contribution in [1.82, 2.24) is 0 Å². The van der Waals surface area contributed by atoms with Gasteiger partial charge in [0, 0.05) is 0 Å². The van der Waals surface area contributed by atoms with E-state index in [1.165, 1.54) is 109 Å². The number of hydrogen-bond acceptors (Lipinski definition) is 3. The minimum Gasteiger partial charge on any atom is -0.386 e. The van der Waals surface area contributed by atoms with Crippen LogP contribution in [0.2, 0.25) is 0 Å². The van der Waals surface area contributed by atoms with Crippen LogP contribution in [0.15, 0.2) is 0 Å². The number of likely N-dealkylation sites (N-methyl/N-ethyl adjacent to an activating group) is 1. The quantitative estimate of drug-likeness (QED) is 0.105. The molecule has 31 heavy (non-hydrogen) atoms. The minimum absolute atomic E-state index is 0.346. The van der Waals surface area contributed by atoms with E-state index in [4.69, 9.17) is 4.55 Å². The van der Waals surface area contributed by atoms with Crippen molar-refractivity contribution in [3.05, 3.63) is 0 Å². The predicted molar refractivity (Wildman–Crippen MR) is 133 cm³/mol. The van der Waals surface area contributed by atoms with E-state index < -0.39 is 22.0 Å². The lowest BCUT2D eigenvalue weighted by Crippen LogP contribution is -2.47. The number of unbranched alkanes of at least 4 members (excludes halogenated alkanes) is 17. The van der Waals surface area contributed by atoms with E-state index >= 15 is 0 Å². The molecule has 0 aliphatic heterocycles. The number of nitrogens with zero attached hydrogens (tertiary/aromatic N) is 1. The van der Waals surface area contributed by atoms with Gasteiger partial charge in [0.2, 0.25) is 0 Å². The van der Waals surface area contributed by atoms with Crippen molar-refractivity contribution in [3.63, 3.8) is 0 Å². The molecule has 0 aromatic rings. The molecule has 5 nitrogen and oxygen atoms in total. The monoisotopic (exact) mass is 464 g/mol. The summed E-state index contributed by atoms with van der Waals surface area (Å²) in [5.74, 6) is -0.576. The van der Waals surface area contributed by atoms with Gasteiger partial charge in [-0.1, -0.05) is 110 Å². The fourth-order valence-electron chi connectivity index (χ4n) is 4.40. The first-order valence-electron chi connectivity index (χ1n) is 13.1. The summed E-state index contributed by atoms with van der Waals surface area (Å²) >= 11 is 0. The van der Waals surface area contributed by atoms with Gasteiger partial charge >= 0.3 is 0 Å². The number of rotatable bonds is 23. The molecular formula is C25H54NO4S+. The zero-order chi connectivity index (χ0) is 23.4. The van der Waals surface area contributed by atoms with E-state index in [2.05, 4.69) is 6.92 Å². The lowest BCUT2D eigenvalue weighted by Gasteiger charge is -2.31. The molecule has 1 atom stereocenters. The summed E-state index contributed by atoms with van der Waals surface area (Å²) in [6.07, 6.45) is 23.5. The summed E-state index contributed by atoms with van der Waals surface area (Å²) in [5, 5.41) is 9.82. The van der Waals surface area contributed by atoms with Gasteiger partial charge in [0.15, 0.2) is 0 Å². The Morgan fingerprint density at radius 2 is 0.968 bits per heavy atom. The van der Waals surface area contributed by atoms with Gasteiger partial charge in [0.25, 0.3) is 10.1 Å². The highest BCUT2D eigenvalue weighted by Crippen LogP contribution is 2.15. The van der Waals surface area contributed by atoms with Crippen molar-refractivity contribution >= 4 is 10.1 Å². The number of aliphatic hydroxyl groups is 1. The highest BCUT2D eigenvalue weighted by molar-refractivity contribution is 7.85. The molecule has 6 heteroatoms. The maximum absolute atomic E-state index is 10.9. The molecular weight excluding hydrogens is 410 g/mol. The third-order valence-electron chi connectivity index (χ3n) is 6.22. The Labute approximate surface area is 194 Å². The molecule has 0 aromatic heterocycles. The summed E-state index contributed by atoms with van der Waals surface area (Å²) < 4.78 is 31.1. The van der Waals surface area contributed by atoms with Gasteiger partial charge < -0.3 is 9.59 Å². The molecule has 0 radical (unpaired) electrons. The molecule has 0 spiro atoms. The molecule has 188 valence electrons. The van der Waals surface area contributed by atoms with E-state index in [1.807, 2.05) is 14.1 Å². The van der Waals surface area contributed by atoms with Gasteiger partial charge in [-0.3, -0.25) is 4.55 Å². The first kappa shape index (κ1) is 30.8. The summed E-state index contributed by atoms with van der Waals surface area (Å²) in [5.41, 5.74) is 0. The average Bonchev–Trinajstić information content (AvgIpc) is 2.65. The maximum Gasteiger partial charge on any atom is 0.267 e. The van der Waals surface area contributed by atoms with E-state index in [0.29, 0.717) is 11.0 Å². The van der Waals surface area contributed by atoms with E-state index in [9.17, 15) is 13.5 Å². The summed E-state index contributed by atoms with van der Waals surface area (Å²) in [4.78, 5) is 0. The molecule has 0 fully saturated rings. The van der Waals surface area contributed by atoms with E-state index in [0.717, 1.165) is 13.0 Å². The molecule has 0 aromatic carbocycles. The largest absolute Gasteiger partial charge is 0.386 e. The molecule has 2 N–H and O–H groups in total. The SMILES string of the molecule is CCCCCCCCCCCCCCCCCCCC[N+](C)(C)CC(O)CS(=O)(=O)O. The van der Waals surface area contributed by atoms with Crippen LogP contribution in [0.1, 0.15) is 122 Å². The first-order valence-corrected chi connectivity index (χ1v) is 14.7. The second kappa shape index (κ2) is 19.3. The lowest BCUT2D eigenvalue weighted by molar-refractivity contribution is -0.893. The van der Waals surface area contributed by atoms with Gasteiger partial charge in [-0.25, -0.2) is 0 Å². The van der Waals surface area contributed by atoms with Crippen LogP contribution in [0.25, 0.3) is 0 Å². The van der Waals surface area contributed by atoms with Crippen LogP contribution in [-0.4, -0.2) is 61.6 Å². The summed E-state index contributed by atoms with van der Waals surface area (Å²) in [6.45, 7) is 3.54. The third-order valence-corrected chi connectivity index (χ3v) is 7.03.